The lowest BCUT2D eigenvalue weighted by Crippen LogP contribution is -2.01. The number of ether oxygens (including phenoxy) is 1. The minimum Gasteiger partial charge on any atom is -0.489 e. The fourth-order valence-electron chi connectivity index (χ4n) is 2.94. The summed E-state index contributed by atoms with van der Waals surface area (Å²) in [5.41, 5.74) is 4.07. The summed E-state index contributed by atoms with van der Waals surface area (Å²) in [6, 6.07) is 12.3. The number of carboxylic acids is 1. The number of aryl methyl sites for hydroxylation is 3. The Bertz CT molecular complexity index is 945. The van der Waals surface area contributed by atoms with Crippen LogP contribution in [0.3, 0.4) is 0 Å². The third-order valence-electron chi connectivity index (χ3n) is 4.29. The zero-order valence-electron chi connectivity index (χ0n) is 15.2. The molecule has 0 atom stereocenters. The summed E-state index contributed by atoms with van der Waals surface area (Å²) in [4.78, 5) is 10.6. The van der Waals surface area contributed by atoms with E-state index in [4.69, 9.17) is 14.4 Å². The van der Waals surface area contributed by atoms with Crippen LogP contribution in [0.1, 0.15) is 29.0 Å². The van der Waals surface area contributed by atoms with Crippen molar-refractivity contribution in [1.82, 2.24) is 5.16 Å². The van der Waals surface area contributed by atoms with Gasteiger partial charge in [0.05, 0.1) is 5.69 Å². The lowest BCUT2D eigenvalue weighted by molar-refractivity contribution is -0.136. The highest BCUT2D eigenvalue weighted by Crippen LogP contribution is 2.28. The Morgan fingerprint density at radius 3 is 2.70 bits per heavy atom. The first-order valence-corrected chi connectivity index (χ1v) is 8.59. The molecule has 0 saturated heterocycles. The van der Waals surface area contributed by atoms with Gasteiger partial charge in [-0.1, -0.05) is 29.4 Å². The average molecular weight is 369 g/mol. The third kappa shape index (κ3) is 4.53. The summed E-state index contributed by atoms with van der Waals surface area (Å²) in [7, 11) is 0. The topological polar surface area (TPSA) is 72.6 Å². The van der Waals surface area contributed by atoms with Crippen LogP contribution in [0.25, 0.3) is 11.1 Å². The molecule has 2 aromatic carbocycles. The number of carbonyl (C=O) groups is 1. The monoisotopic (exact) mass is 369 g/mol. The highest BCUT2D eigenvalue weighted by Gasteiger charge is 2.12. The molecular formula is C21H20FNO4. The zero-order chi connectivity index (χ0) is 19.4. The predicted octanol–water partition coefficient (Wildman–Crippen LogP) is 4.69. The number of benzene rings is 2. The van der Waals surface area contributed by atoms with E-state index in [0.29, 0.717) is 11.3 Å². The molecule has 0 amide bonds. The van der Waals surface area contributed by atoms with Gasteiger partial charge in [-0.15, -0.1) is 0 Å². The van der Waals surface area contributed by atoms with Gasteiger partial charge in [-0.05, 0) is 49.1 Å². The number of rotatable bonds is 7. The Balaban J connectivity index is 1.69. The standard InChI is InChI=1S/C21H20FNO4/c1-13-21(14(2)27-23-13)17-5-3-4-15(10-17)12-26-18-8-6-16(19(22)11-18)7-9-20(24)25/h3-6,8,10-11H,7,9,12H2,1-2H3,(H,24,25). The first kappa shape index (κ1) is 18.6. The number of aliphatic carboxylic acids is 1. The number of carboxylic acid groups (broad SMARTS) is 1. The van der Waals surface area contributed by atoms with Crippen molar-refractivity contribution in [2.75, 3.05) is 0 Å². The average Bonchev–Trinajstić information content (AvgIpc) is 2.97. The van der Waals surface area contributed by atoms with E-state index < -0.39 is 11.8 Å². The van der Waals surface area contributed by atoms with E-state index in [1.54, 1.807) is 12.1 Å². The van der Waals surface area contributed by atoms with Crippen molar-refractivity contribution in [2.45, 2.75) is 33.3 Å². The summed E-state index contributed by atoms with van der Waals surface area (Å²) in [6.45, 7) is 4.04. The molecule has 0 bridgehead atoms. The highest BCUT2D eigenvalue weighted by atomic mass is 19.1. The van der Waals surface area contributed by atoms with Crippen LogP contribution < -0.4 is 4.74 Å². The minimum atomic E-state index is -0.951. The summed E-state index contributed by atoms with van der Waals surface area (Å²) in [5, 5.41) is 12.7. The molecule has 5 nitrogen and oxygen atoms in total. The number of halogens is 1. The van der Waals surface area contributed by atoms with E-state index in [1.165, 1.54) is 6.07 Å². The van der Waals surface area contributed by atoms with Crippen LogP contribution in [-0.4, -0.2) is 16.2 Å². The highest BCUT2D eigenvalue weighted by molar-refractivity contribution is 5.68. The van der Waals surface area contributed by atoms with Crippen LogP contribution >= 0.6 is 0 Å². The fourth-order valence-corrected chi connectivity index (χ4v) is 2.94. The number of hydrogen-bond acceptors (Lipinski definition) is 4. The molecule has 1 aromatic heterocycles. The molecule has 1 heterocycles. The Morgan fingerprint density at radius 1 is 1.22 bits per heavy atom. The molecule has 3 rings (SSSR count). The molecule has 0 fully saturated rings. The van der Waals surface area contributed by atoms with Crippen molar-refractivity contribution in [3.63, 3.8) is 0 Å². The van der Waals surface area contributed by atoms with Gasteiger partial charge in [0.1, 0.15) is 23.9 Å². The van der Waals surface area contributed by atoms with Gasteiger partial charge in [-0.25, -0.2) is 4.39 Å². The van der Waals surface area contributed by atoms with Gasteiger partial charge in [0.15, 0.2) is 0 Å². The number of aromatic nitrogens is 1. The molecule has 0 radical (unpaired) electrons. The number of hydrogen-bond donors (Lipinski definition) is 1. The van der Waals surface area contributed by atoms with Crippen molar-refractivity contribution in [1.29, 1.82) is 0 Å². The van der Waals surface area contributed by atoms with Crippen LogP contribution in [0.2, 0.25) is 0 Å². The second-order valence-corrected chi connectivity index (χ2v) is 6.34. The van der Waals surface area contributed by atoms with E-state index in [1.807, 2.05) is 38.1 Å². The number of nitrogens with zero attached hydrogens (tertiary/aromatic N) is 1. The fraction of sp³-hybridized carbons (Fsp3) is 0.238. The largest absolute Gasteiger partial charge is 0.489 e. The Hall–Kier alpha value is -3.15. The second kappa shape index (κ2) is 8.03. The molecule has 0 spiro atoms. The molecule has 0 aliphatic rings. The normalized spacial score (nSPS) is 10.8. The van der Waals surface area contributed by atoms with E-state index >= 15 is 0 Å². The Morgan fingerprint density at radius 2 is 2.04 bits per heavy atom. The predicted molar refractivity (Wildman–Crippen MR) is 98.1 cm³/mol. The van der Waals surface area contributed by atoms with Crippen molar-refractivity contribution >= 4 is 5.97 Å². The van der Waals surface area contributed by atoms with Crippen molar-refractivity contribution < 1.29 is 23.6 Å². The molecule has 27 heavy (non-hydrogen) atoms. The van der Waals surface area contributed by atoms with Gasteiger partial charge < -0.3 is 14.4 Å². The molecule has 0 aliphatic heterocycles. The van der Waals surface area contributed by atoms with Crippen molar-refractivity contribution in [3.05, 3.63) is 70.9 Å². The van der Waals surface area contributed by atoms with Crippen molar-refractivity contribution in [3.8, 4) is 16.9 Å². The van der Waals surface area contributed by atoms with Gasteiger partial charge in [0.2, 0.25) is 0 Å². The van der Waals surface area contributed by atoms with Gasteiger partial charge in [0, 0.05) is 18.1 Å². The summed E-state index contributed by atoms with van der Waals surface area (Å²) >= 11 is 0. The maximum atomic E-state index is 14.1. The molecular weight excluding hydrogens is 349 g/mol. The van der Waals surface area contributed by atoms with Gasteiger partial charge in [-0.3, -0.25) is 4.79 Å². The van der Waals surface area contributed by atoms with Crippen molar-refractivity contribution in [2.24, 2.45) is 0 Å². The van der Waals surface area contributed by atoms with Crippen LogP contribution in [0.4, 0.5) is 4.39 Å². The van der Waals surface area contributed by atoms with Gasteiger partial charge in [-0.2, -0.15) is 0 Å². The van der Waals surface area contributed by atoms with Crippen LogP contribution in [-0.2, 0) is 17.8 Å². The van der Waals surface area contributed by atoms with E-state index in [-0.39, 0.29) is 19.4 Å². The molecule has 140 valence electrons. The SMILES string of the molecule is Cc1noc(C)c1-c1cccc(COc2ccc(CCC(=O)O)c(F)c2)c1. The molecule has 0 aliphatic carbocycles. The Kier molecular flexibility index (Phi) is 5.54. The van der Waals surface area contributed by atoms with Crippen LogP contribution in [0, 0.1) is 19.7 Å². The molecule has 0 saturated carbocycles. The lowest BCUT2D eigenvalue weighted by atomic mass is 10.0. The summed E-state index contributed by atoms with van der Waals surface area (Å²) in [6.07, 6.45) is 0.0482. The first-order valence-electron chi connectivity index (χ1n) is 8.59. The first-order chi connectivity index (χ1) is 12.9. The summed E-state index contributed by atoms with van der Waals surface area (Å²) in [5.74, 6) is -0.259. The lowest BCUT2D eigenvalue weighted by Gasteiger charge is -2.09. The summed E-state index contributed by atoms with van der Waals surface area (Å²) < 4.78 is 25.0. The quantitative estimate of drug-likeness (QED) is 0.654. The second-order valence-electron chi connectivity index (χ2n) is 6.34. The van der Waals surface area contributed by atoms with Crippen LogP contribution in [0.15, 0.2) is 47.0 Å². The molecule has 0 unspecified atom stereocenters. The Labute approximate surface area is 156 Å². The smallest absolute Gasteiger partial charge is 0.303 e. The maximum Gasteiger partial charge on any atom is 0.303 e. The molecule has 1 N–H and O–H groups in total. The minimum absolute atomic E-state index is 0.106. The van der Waals surface area contributed by atoms with Gasteiger partial charge >= 0.3 is 5.97 Å². The zero-order valence-corrected chi connectivity index (χ0v) is 15.2. The van der Waals surface area contributed by atoms with E-state index in [9.17, 15) is 9.18 Å². The maximum absolute atomic E-state index is 14.1. The molecule has 6 heteroatoms. The van der Waals surface area contributed by atoms with Gasteiger partial charge in [0.25, 0.3) is 0 Å². The van der Waals surface area contributed by atoms with Crippen LogP contribution in [0.5, 0.6) is 5.75 Å². The van der Waals surface area contributed by atoms with E-state index in [0.717, 1.165) is 28.1 Å². The third-order valence-corrected chi connectivity index (χ3v) is 4.29. The van der Waals surface area contributed by atoms with E-state index in [2.05, 4.69) is 5.16 Å². The molecule has 3 aromatic rings.